The standard InChI is InChI=1S/C14H21N3OS.2ClH/c1-9(2)13-16-12(8-19-13)14(18)17-6-5-10-3-4-11(7-17)15-10;;/h8-11,15H,3-7H2,1-2H3;2*1H. The topological polar surface area (TPSA) is 45.2 Å². The Kier molecular flexibility index (Phi) is 6.91. The number of amides is 1. The first-order valence-electron chi connectivity index (χ1n) is 7.14. The molecule has 1 aromatic heterocycles. The monoisotopic (exact) mass is 351 g/mol. The van der Waals surface area contributed by atoms with Gasteiger partial charge in [-0.3, -0.25) is 4.79 Å². The summed E-state index contributed by atoms with van der Waals surface area (Å²) in [5.41, 5.74) is 0.631. The number of nitrogens with one attached hydrogen (secondary N) is 1. The van der Waals surface area contributed by atoms with Gasteiger partial charge >= 0.3 is 0 Å². The molecule has 3 heterocycles. The minimum absolute atomic E-state index is 0. The molecule has 2 atom stereocenters. The molecule has 2 fully saturated rings. The highest BCUT2D eigenvalue weighted by Gasteiger charge is 2.32. The number of likely N-dealkylation sites (tertiary alicyclic amines) is 1. The predicted molar refractivity (Wildman–Crippen MR) is 91.2 cm³/mol. The fraction of sp³-hybridized carbons (Fsp3) is 0.714. The lowest BCUT2D eigenvalue weighted by atomic mass is 10.1. The van der Waals surface area contributed by atoms with Gasteiger partial charge in [0.1, 0.15) is 5.69 Å². The van der Waals surface area contributed by atoms with Crippen molar-refractivity contribution in [3.8, 4) is 0 Å². The third-order valence-corrected chi connectivity index (χ3v) is 5.19. The van der Waals surface area contributed by atoms with E-state index in [4.69, 9.17) is 0 Å². The molecular formula is C14H23Cl2N3OS. The lowest BCUT2D eigenvalue weighted by molar-refractivity contribution is 0.0743. The zero-order valence-corrected chi connectivity index (χ0v) is 14.8. The number of thiazole rings is 1. The van der Waals surface area contributed by atoms with Crippen LogP contribution in [-0.2, 0) is 0 Å². The number of carbonyl (C=O) groups excluding carboxylic acids is 1. The highest BCUT2D eigenvalue weighted by Crippen LogP contribution is 2.23. The number of halogens is 2. The van der Waals surface area contributed by atoms with Crippen molar-refractivity contribution >= 4 is 42.1 Å². The number of hydrogen-bond donors (Lipinski definition) is 1. The number of rotatable bonds is 2. The van der Waals surface area contributed by atoms with Gasteiger partial charge in [-0.25, -0.2) is 4.98 Å². The zero-order chi connectivity index (χ0) is 13.4. The Bertz CT molecular complexity index is 481. The van der Waals surface area contributed by atoms with Crippen LogP contribution < -0.4 is 5.32 Å². The molecule has 0 aromatic carbocycles. The summed E-state index contributed by atoms with van der Waals surface area (Å²) in [6.07, 6.45) is 3.53. The third kappa shape index (κ3) is 4.09. The number of hydrogen-bond acceptors (Lipinski definition) is 4. The molecule has 120 valence electrons. The van der Waals surface area contributed by atoms with Crippen LogP contribution in [-0.4, -0.2) is 41.0 Å². The Hall–Kier alpha value is -0.360. The van der Waals surface area contributed by atoms with Gasteiger partial charge in [0.05, 0.1) is 5.01 Å². The normalized spacial score (nSPS) is 24.2. The quantitative estimate of drug-likeness (QED) is 0.890. The van der Waals surface area contributed by atoms with Gasteiger partial charge in [-0.15, -0.1) is 36.2 Å². The maximum Gasteiger partial charge on any atom is 0.273 e. The molecule has 0 aliphatic carbocycles. The second-order valence-electron chi connectivity index (χ2n) is 5.90. The van der Waals surface area contributed by atoms with E-state index in [1.807, 2.05) is 10.3 Å². The number of fused-ring (bicyclic) bond motifs is 2. The lowest BCUT2D eigenvalue weighted by Gasteiger charge is -2.23. The Morgan fingerprint density at radius 2 is 2.05 bits per heavy atom. The second-order valence-corrected chi connectivity index (χ2v) is 6.79. The first-order chi connectivity index (χ1) is 9.13. The van der Waals surface area contributed by atoms with E-state index in [0.717, 1.165) is 24.5 Å². The Morgan fingerprint density at radius 1 is 1.33 bits per heavy atom. The van der Waals surface area contributed by atoms with E-state index in [-0.39, 0.29) is 30.7 Å². The summed E-state index contributed by atoms with van der Waals surface area (Å²) in [6, 6.07) is 1.10. The Balaban J connectivity index is 0.00000110. The van der Waals surface area contributed by atoms with E-state index in [2.05, 4.69) is 24.1 Å². The first kappa shape index (κ1) is 18.7. The summed E-state index contributed by atoms with van der Waals surface area (Å²) in [7, 11) is 0. The van der Waals surface area contributed by atoms with E-state index in [1.54, 1.807) is 11.3 Å². The van der Waals surface area contributed by atoms with Gasteiger partial charge in [0.2, 0.25) is 0 Å². The molecule has 2 aliphatic rings. The van der Waals surface area contributed by atoms with Gasteiger partial charge in [0, 0.05) is 36.5 Å². The molecule has 3 rings (SSSR count). The van der Waals surface area contributed by atoms with Crippen molar-refractivity contribution in [1.29, 1.82) is 0 Å². The van der Waals surface area contributed by atoms with Crippen LogP contribution in [0.2, 0.25) is 0 Å². The molecule has 1 amide bonds. The van der Waals surface area contributed by atoms with Gasteiger partial charge in [-0.1, -0.05) is 13.8 Å². The summed E-state index contributed by atoms with van der Waals surface area (Å²) < 4.78 is 0. The SMILES string of the molecule is CC(C)c1nc(C(=O)N2CCC3CCC(C2)N3)cs1.Cl.Cl. The molecule has 0 saturated carbocycles. The summed E-state index contributed by atoms with van der Waals surface area (Å²) in [6.45, 7) is 5.93. The first-order valence-corrected chi connectivity index (χ1v) is 8.02. The summed E-state index contributed by atoms with van der Waals surface area (Å²) in [5, 5.41) is 6.57. The lowest BCUT2D eigenvalue weighted by Crippen LogP contribution is -2.39. The predicted octanol–water partition coefficient (Wildman–Crippen LogP) is 3.08. The summed E-state index contributed by atoms with van der Waals surface area (Å²) >= 11 is 1.60. The zero-order valence-electron chi connectivity index (χ0n) is 12.4. The molecule has 2 unspecified atom stereocenters. The fourth-order valence-electron chi connectivity index (χ4n) is 2.94. The minimum atomic E-state index is 0. The molecule has 0 radical (unpaired) electrons. The average Bonchev–Trinajstić information content (AvgIpc) is 2.95. The van der Waals surface area contributed by atoms with Crippen molar-refractivity contribution in [2.24, 2.45) is 0 Å². The molecule has 4 nitrogen and oxygen atoms in total. The van der Waals surface area contributed by atoms with E-state index >= 15 is 0 Å². The van der Waals surface area contributed by atoms with Crippen molar-refractivity contribution in [2.45, 2.75) is 51.1 Å². The van der Waals surface area contributed by atoms with Crippen molar-refractivity contribution in [3.05, 3.63) is 16.1 Å². The van der Waals surface area contributed by atoms with E-state index in [9.17, 15) is 4.79 Å². The molecule has 0 spiro atoms. The smallest absolute Gasteiger partial charge is 0.273 e. The number of carbonyl (C=O) groups is 1. The highest BCUT2D eigenvalue weighted by molar-refractivity contribution is 7.09. The number of nitrogens with zero attached hydrogens (tertiary/aromatic N) is 2. The maximum atomic E-state index is 12.5. The molecule has 2 saturated heterocycles. The van der Waals surface area contributed by atoms with E-state index in [0.29, 0.717) is 23.7 Å². The maximum absolute atomic E-state index is 12.5. The number of aromatic nitrogens is 1. The second kappa shape index (κ2) is 7.77. The van der Waals surface area contributed by atoms with Crippen molar-refractivity contribution in [3.63, 3.8) is 0 Å². The third-order valence-electron chi connectivity index (χ3n) is 4.05. The summed E-state index contributed by atoms with van der Waals surface area (Å²) in [5.74, 6) is 0.505. The van der Waals surface area contributed by atoms with Gasteiger partial charge in [0.25, 0.3) is 5.91 Å². The van der Waals surface area contributed by atoms with E-state index in [1.165, 1.54) is 12.8 Å². The largest absolute Gasteiger partial charge is 0.336 e. The van der Waals surface area contributed by atoms with Crippen LogP contribution in [0.3, 0.4) is 0 Å². The van der Waals surface area contributed by atoms with Gasteiger partial charge in [-0.05, 0) is 19.3 Å². The van der Waals surface area contributed by atoms with Crippen molar-refractivity contribution in [1.82, 2.24) is 15.2 Å². The van der Waals surface area contributed by atoms with Gasteiger partial charge < -0.3 is 10.2 Å². The van der Waals surface area contributed by atoms with Crippen molar-refractivity contribution < 1.29 is 4.79 Å². The molecule has 7 heteroatoms. The molecular weight excluding hydrogens is 329 g/mol. The summed E-state index contributed by atoms with van der Waals surface area (Å²) in [4.78, 5) is 19.0. The van der Waals surface area contributed by atoms with Gasteiger partial charge in [-0.2, -0.15) is 0 Å². The Morgan fingerprint density at radius 3 is 2.71 bits per heavy atom. The van der Waals surface area contributed by atoms with Crippen LogP contribution in [0.25, 0.3) is 0 Å². The van der Waals surface area contributed by atoms with Crippen molar-refractivity contribution in [2.75, 3.05) is 13.1 Å². The van der Waals surface area contributed by atoms with Crippen LogP contribution in [0.5, 0.6) is 0 Å². The highest BCUT2D eigenvalue weighted by atomic mass is 35.5. The molecule has 21 heavy (non-hydrogen) atoms. The molecule has 1 N–H and O–H groups in total. The van der Waals surface area contributed by atoms with Crippen LogP contribution in [0.1, 0.15) is 54.5 Å². The average molecular weight is 352 g/mol. The van der Waals surface area contributed by atoms with Crippen LogP contribution in [0, 0.1) is 0 Å². The Labute approximate surface area is 142 Å². The van der Waals surface area contributed by atoms with Crippen LogP contribution in [0.4, 0.5) is 0 Å². The van der Waals surface area contributed by atoms with Crippen LogP contribution in [0.15, 0.2) is 5.38 Å². The molecule has 2 bridgehead atoms. The minimum Gasteiger partial charge on any atom is -0.336 e. The fourth-order valence-corrected chi connectivity index (χ4v) is 3.75. The van der Waals surface area contributed by atoms with Gasteiger partial charge in [0.15, 0.2) is 0 Å². The van der Waals surface area contributed by atoms with E-state index < -0.39 is 0 Å². The van der Waals surface area contributed by atoms with Crippen LogP contribution >= 0.6 is 36.2 Å². The molecule has 1 aromatic rings. The molecule has 2 aliphatic heterocycles.